The molecule has 2 N–H and O–H groups in total. The van der Waals surface area contributed by atoms with Gasteiger partial charge in [0.2, 0.25) is 0 Å². The van der Waals surface area contributed by atoms with Gasteiger partial charge in [-0.15, -0.1) is 0 Å². The summed E-state index contributed by atoms with van der Waals surface area (Å²) in [7, 11) is 1.67. The molecule has 108 valence electrons. The normalized spacial score (nSPS) is 13.7. The average molecular weight is 265 g/mol. The molecule has 1 atom stereocenters. The van der Waals surface area contributed by atoms with Crippen LogP contribution in [0.3, 0.4) is 0 Å². The molecule has 0 amide bonds. The predicted molar refractivity (Wildman–Crippen MR) is 79.8 cm³/mol. The van der Waals surface area contributed by atoms with Gasteiger partial charge < -0.3 is 15.2 Å². The lowest BCUT2D eigenvalue weighted by Gasteiger charge is -2.25. The van der Waals surface area contributed by atoms with E-state index in [1.54, 1.807) is 7.11 Å². The molecule has 0 fully saturated rings. The van der Waals surface area contributed by atoms with Crippen molar-refractivity contribution in [3.8, 4) is 5.75 Å². The van der Waals surface area contributed by atoms with Crippen LogP contribution in [0.15, 0.2) is 18.2 Å². The molecule has 0 bridgehead atoms. The van der Waals surface area contributed by atoms with Crippen molar-refractivity contribution in [2.75, 3.05) is 13.7 Å². The van der Waals surface area contributed by atoms with Crippen molar-refractivity contribution in [1.29, 1.82) is 0 Å². The van der Waals surface area contributed by atoms with Crippen molar-refractivity contribution in [3.05, 3.63) is 29.3 Å². The summed E-state index contributed by atoms with van der Waals surface area (Å²) in [5, 5.41) is 13.0. The molecule has 1 aromatic carbocycles. The summed E-state index contributed by atoms with van der Waals surface area (Å²) in [6.45, 7) is 10.8. The third kappa shape index (κ3) is 4.22. The van der Waals surface area contributed by atoms with Gasteiger partial charge in [-0.05, 0) is 23.1 Å². The van der Waals surface area contributed by atoms with Crippen molar-refractivity contribution in [1.82, 2.24) is 5.32 Å². The Morgan fingerprint density at radius 1 is 1.26 bits per heavy atom. The van der Waals surface area contributed by atoms with E-state index >= 15 is 0 Å². The van der Waals surface area contributed by atoms with Crippen molar-refractivity contribution >= 4 is 0 Å². The molecule has 19 heavy (non-hydrogen) atoms. The second kappa shape index (κ2) is 6.40. The molecule has 0 aromatic heterocycles. The van der Waals surface area contributed by atoms with Crippen LogP contribution >= 0.6 is 0 Å². The Balaban J connectivity index is 3.21. The van der Waals surface area contributed by atoms with Crippen LogP contribution in [0.5, 0.6) is 5.75 Å². The number of methoxy groups -OCH3 is 1. The SMILES string of the molecule is COc1ccc(C(C)(C)C)cc1C(CO)NC(C)C. The molecule has 1 unspecified atom stereocenters. The zero-order chi connectivity index (χ0) is 14.6. The largest absolute Gasteiger partial charge is 0.496 e. The summed E-state index contributed by atoms with van der Waals surface area (Å²) in [5.41, 5.74) is 2.34. The highest BCUT2D eigenvalue weighted by Gasteiger charge is 2.20. The first-order valence-corrected chi connectivity index (χ1v) is 6.85. The van der Waals surface area contributed by atoms with Gasteiger partial charge in [-0.25, -0.2) is 0 Å². The molecule has 0 spiro atoms. The highest BCUT2D eigenvalue weighted by Crippen LogP contribution is 2.31. The van der Waals surface area contributed by atoms with E-state index in [1.165, 1.54) is 5.56 Å². The van der Waals surface area contributed by atoms with E-state index in [-0.39, 0.29) is 18.1 Å². The minimum absolute atomic E-state index is 0.0577. The summed E-state index contributed by atoms with van der Waals surface area (Å²) in [5.74, 6) is 0.820. The predicted octanol–water partition coefficient (Wildman–Crippen LogP) is 3.02. The Labute approximate surface area is 117 Å². The number of ether oxygens (including phenoxy) is 1. The Hall–Kier alpha value is -1.06. The third-order valence-corrected chi connectivity index (χ3v) is 3.19. The van der Waals surface area contributed by atoms with Gasteiger partial charge in [0.05, 0.1) is 19.8 Å². The Morgan fingerprint density at radius 2 is 1.89 bits per heavy atom. The molecule has 0 aliphatic heterocycles. The first-order chi connectivity index (χ1) is 8.79. The lowest BCUT2D eigenvalue weighted by molar-refractivity contribution is 0.234. The van der Waals surface area contributed by atoms with Crippen molar-refractivity contribution < 1.29 is 9.84 Å². The number of rotatable bonds is 5. The molecule has 0 saturated heterocycles. The minimum atomic E-state index is -0.0998. The lowest BCUT2D eigenvalue weighted by atomic mass is 9.85. The van der Waals surface area contributed by atoms with Gasteiger partial charge in [-0.1, -0.05) is 40.7 Å². The monoisotopic (exact) mass is 265 g/mol. The zero-order valence-corrected chi connectivity index (χ0v) is 12.9. The van der Waals surface area contributed by atoms with Gasteiger partial charge in [-0.2, -0.15) is 0 Å². The van der Waals surface area contributed by atoms with Crippen molar-refractivity contribution in [3.63, 3.8) is 0 Å². The van der Waals surface area contributed by atoms with Crippen molar-refractivity contribution in [2.45, 2.75) is 52.1 Å². The van der Waals surface area contributed by atoms with E-state index in [0.29, 0.717) is 6.04 Å². The van der Waals surface area contributed by atoms with Gasteiger partial charge in [-0.3, -0.25) is 0 Å². The molecule has 0 radical (unpaired) electrons. The smallest absolute Gasteiger partial charge is 0.123 e. The number of hydrogen-bond acceptors (Lipinski definition) is 3. The molecule has 1 aromatic rings. The molecule has 1 rings (SSSR count). The summed E-state index contributed by atoms with van der Waals surface area (Å²) in [6.07, 6.45) is 0. The molecule has 3 nitrogen and oxygen atoms in total. The van der Waals surface area contributed by atoms with Gasteiger partial charge >= 0.3 is 0 Å². The maximum atomic E-state index is 9.62. The molecule has 0 saturated carbocycles. The molecule has 0 heterocycles. The number of aliphatic hydroxyl groups excluding tert-OH is 1. The van der Waals surface area contributed by atoms with Crippen LogP contribution in [-0.4, -0.2) is 24.9 Å². The first-order valence-electron chi connectivity index (χ1n) is 6.85. The Morgan fingerprint density at radius 3 is 2.32 bits per heavy atom. The second-order valence-electron chi connectivity index (χ2n) is 6.26. The number of benzene rings is 1. The van der Waals surface area contributed by atoms with E-state index < -0.39 is 0 Å². The standard InChI is InChI=1S/C16H27NO2/c1-11(2)17-14(10-18)13-9-12(16(3,4)5)7-8-15(13)19-6/h7-9,11,14,17-18H,10H2,1-6H3. The van der Waals surface area contributed by atoms with Crippen LogP contribution in [0.25, 0.3) is 0 Å². The van der Waals surface area contributed by atoms with E-state index in [1.807, 2.05) is 6.07 Å². The maximum Gasteiger partial charge on any atom is 0.123 e. The highest BCUT2D eigenvalue weighted by atomic mass is 16.5. The van der Waals surface area contributed by atoms with E-state index in [0.717, 1.165) is 11.3 Å². The summed E-state index contributed by atoms with van der Waals surface area (Å²) in [6, 6.07) is 6.42. The summed E-state index contributed by atoms with van der Waals surface area (Å²) >= 11 is 0. The fourth-order valence-electron chi connectivity index (χ4n) is 2.12. The zero-order valence-electron chi connectivity index (χ0n) is 12.9. The molecule has 0 aliphatic carbocycles. The van der Waals surface area contributed by atoms with Crippen LogP contribution in [-0.2, 0) is 5.41 Å². The van der Waals surface area contributed by atoms with Gasteiger partial charge in [0.1, 0.15) is 5.75 Å². The van der Waals surface area contributed by atoms with Crippen LogP contribution in [0.2, 0.25) is 0 Å². The van der Waals surface area contributed by atoms with E-state index in [9.17, 15) is 5.11 Å². The third-order valence-electron chi connectivity index (χ3n) is 3.19. The van der Waals surface area contributed by atoms with Crippen molar-refractivity contribution in [2.24, 2.45) is 0 Å². The molecular weight excluding hydrogens is 238 g/mol. The number of hydrogen-bond donors (Lipinski definition) is 2. The van der Waals surface area contributed by atoms with Gasteiger partial charge in [0, 0.05) is 11.6 Å². The number of aliphatic hydroxyl groups is 1. The topological polar surface area (TPSA) is 41.5 Å². The van der Waals surface area contributed by atoms with Crippen LogP contribution in [0.4, 0.5) is 0 Å². The van der Waals surface area contributed by atoms with Gasteiger partial charge in [0.25, 0.3) is 0 Å². The highest BCUT2D eigenvalue weighted by molar-refractivity contribution is 5.41. The second-order valence-corrected chi connectivity index (χ2v) is 6.26. The Bertz CT molecular complexity index is 408. The van der Waals surface area contributed by atoms with E-state index in [4.69, 9.17) is 4.74 Å². The molecule has 3 heteroatoms. The minimum Gasteiger partial charge on any atom is -0.496 e. The van der Waals surface area contributed by atoms with Crippen LogP contribution in [0, 0.1) is 0 Å². The van der Waals surface area contributed by atoms with Gasteiger partial charge in [0.15, 0.2) is 0 Å². The average Bonchev–Trinajstić information content (AvgIpc) is 2.33. The Kier molecular flexibility index (Phi) is 5.39. The lowest BCUT2D eigenvalue weighted by Crippen LogP contribution is -2.31. The molecular formula is C16H27NO2. The summed E-state index contributed by atoms with van der Waals surface area (Å²) in [4.78, 5) is 0. The molecule has 0 aliphatic rings. The fraction of sp³-hybridized carbons (Fsp3) is 0.625. The van der Waals surface area contributed by atoms with E-state index in [2.05, 4.69) is 52.1 Å². The van der Waals surface area contributed by atoms with Crippen LogP contribution < -0.4 is 10.1 Å². The quantitative estimate of drug-likeness (QED) is 0.860. The van der Waals surface area contributed by atoms with Crippen LogP contribution in [0.1, 0.15) is 51.8 Å². The number of nitrogens with one attached hydrogen (secondary N) is 1. The fourth-order valence-corrected chi connectivity index (χ4v) is 2.12. The first kappa shape index (κ1) is 16.0. The maximum absolute atomic E-state index is 9.62. The summed E-state index contributed by atoms with van der Waals surface area (Å²) < 4.78 is 5.43.